The van der Waals surface area contributed by atoms with Gasteiger partial charge in [-0.15, -0.1) is 0 Å². The van der Waals surface area contributed by atoms with Gasteiger partial charge in [0.05, 0.1) is 11.8 Å². The first kappa shape index (κ1) is 18.2. The number of aryl methyl sites for hydroxylation is 2. The third-order valence-electron chi connectivity index (χ3n) is 4.86. The molecule has 0 aliphatic carbocycles. The Kier molecular flexibility index (Phi) is 5.39. The van der Waals surface area contributed by atoms with Gasteiger partial charge in [-0.3, -0.25) is 19.0 Å². The first-order chi connectivity index (χ1) is 12.5. The first-order valence-corrected chi connectivity index (χ1v) is 9.05. The molecule has 0 bridgehead atoms. The Morgan fingerprint density at radius 3 is 2.85 bits per heavy atom. The van der Waals surface area contributed by atoms with Crippen molar-refractivity contribution in [1.82, 2.24) is 24.5 Å². The fraction of sp³-hybridized carbons (Fsp3) is 0.556. The van der Waals surface area contributed by atoms with Crippen LogP contribution in [0.15, 0.2) is 18.6 Å². The van der Waals surface area contributed by atoms with Gasteiger partial charge in [-0.25, -0.2) is 0 Å². The lowest BCUT2D eigenvalue weighted by Gasteiger charge is -2.32. The second-order valence-electron chi connectivity index (χ2n) is 6.84. The summed E-state index contributed by atoms with van der Waals surface area (Å²) in [5.74, 6) is -0.583. The Hall–Kier alpha value is -2.64. The van der Waals surface area contributed by atoms with Crippen molar-refractivity contribution in [2.45, 2.75) is 39.2 Å². The van der Waals surface area contributed by atoms with Crippen LogP contribution in [0.1, 0.15) is 43.0 Å². The van der Waals surface area contributed by atoms with Gasteiger partial charge in [-0.1, -0.05) is 0 Å². The van der Waals surface area contributed by atoms with E-state index in [1.54, 1.807) is 28.8 Å². The zero-order valence-corrected chi connectivity index (χ0v) is 15.3. The van der Waals surface area contributed by atoms with Gasteiger partial charge in [0.2, 0.25) is 0 Å². The molecule has 8 nitrogen and oxygen atoms in total. The van der Waals surface area contributed by atoms with Crippen LogP contribution in [0.5, 0.6) is 0 Å². The quantitative estimate of drug-likeness (QED) is 0.852. The Labute approximate surface area is 152 Å². The lowest BCUT2D eigenvalue weighted by Crippen LogP contribution is -2.40. The molecule has 0 radical (unpaired) electrons. The summed E-state index contributed by atoms with van der Waals surface area (Å²) in [4.78, 5) is 25.7. The van der Waals surface area contributed by atoms with E-state index >= 15 is 0 Å². The maximum atomic E-state index is 13.1. The minimum absolute atomic E-state index is 0.0441. The van der Waals surface area contributed by atoms with E-state index in [4.69, 9.17) is 5.11 Å². The topological polar surface area (TPSA) is 93.2 Å². The molecule has 1 saturated heterocycles. The summed E-state index contributed by atoms with van der Waals surface area (Å²) in [5, 5.41) is 17.6. The molecule has 1 N–H and O–H groups in total. The van der Waals surface area contributed by atoms with Gasteiger partial charge in [-0.05, 0) is 32.1 Å². The molecule has 3 heterocycles. The van der Waals surface area contributed by atoms with Gasteiger partial charge in [0.1, 0.15) is 5.69 Å². The summed E-state index contributed by atoms with van der Waals surface area (Å²) in [7, 11) is 1.80. The molecular weight excluding hydrogens is 334 g/mol. The van der Waals surface area contributed by atoms with E-state index in [0.717, 1.165) is 24.9 Å². The van der Waals surface area contributed by atoms with Gasteiger partial charge in [-0.2, -0.15) is 10.2 Å². The smallest absolute Gasteiger partial charge is 0.303 e. The van der Waals surface area contributed by atoms with Crippen LogP contribution in [0.25, 0.3) is 11.3 Å². The van der Waals surface area contributed by atoms with E-state index in [2.05, 4.69) is 10.2 Å². The molecule has 1 amide bonds. The number of aromatic nitrogens is 4. The summed E-state index contributed by atoms with van der Waals surface area (Å²) in [6.07, 6.45) is 8.02. The van der Waals surface area contributed by atoms with Crippen molar-refractivity contribution in [2.75, 3.05) is 13.1 Å². The molecule has 1 unspecified atom stereocenters. The van der Waals surface area contributed by atoms with Crippen molar-refractivity contribution >= 4 is 11.9 Å². The maximum Gasteiger partial charge on any atom is 0.303 e. The first-order valence-electron chi connectivity index (χ1n) is 9.05. The Bertz CT molecular complexity index is 795. The zero-order valence-electron chi connectivity index (χ0n) is 15.3. The molecule has 26 heavy (non-hydrogen) atoms. The van der Waals surface area contributed by atoms with E-state index < -0.39 is 5.97 Å². The van der Waals surface area contributed by atoms with Crippen LogP contribution in [0, 0.1) is 5.92 Å². The summed E-state index contributed by atoms with van der Waals surface area (Å²) >= 11 is 0. The molecule has 140 valence electrons. The highest BCUT2D eigenvalue weighted by atomic mass is 16.4. The standard InChI is InChI=1S/C18H25N5O3/c1-3-23-11-14(9-19-23)17-15(12-21(2)20-17)18(26)22-8-4-5-13(10-22)6-7-16(24)25/h9,11-13H,3-8,10H2,1-2H3,(H,24,25). The van der Waals surface area contributed by atoms with E-state index in [1.165, 1.54) is 0 Å². The average Bonchev–Trinajstić information content (AvgIpc) is 3.25. The number of carbonyl (C=O) groups excluding carboxylic acids is 1. The molecule has 0 aromatic carbocycles. The predicted octanol–water partition coefficient (Wildman–Crippen LogP) is 2.02. The van der Waals surface area contributed by atoms with E-state index in [9.17, 15) is 9.59 Å². The second kappa shape index (κ2) is 7.72. The largest absolute Gasteiger partial charge is 0.481 e. The highest BCUT2D eigenvalue weighted by Crippen LogP contribution is 2.26. The highest BCUT2D eigenvalue weighted by molar-refractivity contribution is 5.99. The number of piperidine rings is 1. The van der Waals surface area contributed by atoms with Crippen LogP contribution < -0.4 is 0 Å². The minimum atomic E-state index is -0.782. The zero-order chi connectivity index (χ0) is 18.7. The number of nitrogens with zero attached hydrogens (tertiary/aromatic N) is 5. The number of aliphatic carboxylic acids is 1. The van der Waals surface area contributed by atoms with Crippen LogP contribution in [0.2, 0.25) is 0 Å². The molecular formula is C18H25N5O3. The second-order valence-corrected chi connectivity index (χ2v) is 6.84. The fourth-order valence-electron chi connectivity index (χ4n) is 3.50. The number of likely N-dealkylation sites (tertiary alicyclic amines) is 1. The SMILES string of the molecule is CCn1cc(-c2nn(C)cc2C(=O)N2CCCC(CCC(=O)O)C2)cn1. The number of amides is 1. The number of carbonyl (C=O) groups is 2. The average molecular weight is 359 g/mol. The molecule has 3 rings (SSSR count). The third kappa shape index (κ3) is 3.95. The Morgan fingerprint density at radius 1 is 1.35 bits per heavy atom. The van der Waals surface area contributed by atoms with Crippen molar-refractivity contribution in [3.8, 4) is 11.3 Å². The number of rotatable bonds is 6. The van der Waals surface area contributed by atoms with E-state index in [1.807, 2.05) is 18.0 Å². The minimum Gasteiger partial charge on any atom is -0.481 e. The fourth-order valence-corrected chi connectivity index (χ4v) is 3.50. The van der Waals surface area contributed by atoms with Crippen LogP contribution in [0.3, 0.4) is 0 Å². The molecule has 1 atom stereocenters. The van der Waals surface area contributed by atoms with E-state index in [-0.39, 0.29) is 18.2 Å². The maximum absolute atomic E-state index is 13.1. The summed E-state index contributed by atoms with van der Waals surface area (Å²) in [5.41, 5.74) is 2.04. The lowest BCUT2D eigenvalue weighted by atomic mass is 9.93. The molecule has 2 aromatic rings. The molecule has 1 fully saturated rings. The van der Waals surface area contributed by atoms with Crippen molar-refractivity contribution < 1.29 is 14.7 Å². The van der Waals surface area contributed by atoms with Crippen molar-refractivity contribution in [1.29, 1.82) is 0 Å². The van der Waals surface area contributed by atoms with Gasteiger partial charge >= 0.3 is 5.97 Å². The monoisotopic (exact) mass is 359 g/mol. The van der Waals surface area contributed by atoms with Crippen molar-refractivity contribution in [3.05, 3.63) is 24.2 Å². The Morgan fingerprint density at radius 2 is 2.15 bits per heavy atom. The van der Waals surface area contributed by atoms with Gasteiger partial charge in [0, 0.05) is 51.1 Å². The lowest BCUT2D eigenvalue weighted by molar-refractivity contribution is -0.137. The van der Waals surface area contributed by atoms with Crippen LogP contribution in [-0.2, 0) is 18.4 Å². The van der Waals surface area contributed by atoms with E-state index in [0.29, 0.717) is 30.8 Å². The predicted molar refractivity (Wildman–Crippen MR) is 95.6 cm³/mol. The Balaban J connectivity index is 1.78. The summed E-state index contributed by atoms with van der Waals surface area (Å²) < 4.78 is 3.46. The normalized spacial score (nSPS) is 17.5. The van der Waals surface area contributed by atoms with Crippen LogP contribution in [-0.4, -0.2) is 54.5 Å². The van der Waals surface area contributed by atoms with Crippen LogP contribution >= 0.6 is 0 Å². The van der Waals surface area contributed by atoms with Crippen molar-refractivity contribution in [2.24, 2.45) is 13.0 Å². The molecule has 0 spiro atoms. The molecule has 2 aromatic heterocycles. The highest BCUT2D eigenvalue weighted by Gasteiger charge is 2.28. The summed E-state index contributed by atoms with van der Waals surface area (Å²) in [6, 6.07) is 0. The molecule has 0 saturated carbocycles. The number of carboxylic acid groups (broad SMARTS) is 1. The number of carboxylic acids is 1. The van der Waals surface area contributed by atoms with Crippen molar-refractivity contribution in [3.63, 3.8) is 0 Å². The van der Waals surface area contributed by atoms with Crippen LogP contribution in [0.4, 0.5) is 0 Å². The third-order valence-corrected chi connectivity index (χ3v) is 4.86. The summed E-state index contributed by atoms with van der Waals surface area (Å²) in [6.45, 7) is 4.07. The van der Waals surface area contributed by atoms with Gasteiger partial charge in [0.25, 0.3) is 5.91 Å². The number of hydrogen-bond acceptors (Lipinski definition) is 4. The van der Waals surface area contributed by atoms with Gasteiger partial charge < -0.3 is 10.0 Å². The molecule has 1 aliphatic rings. The molecule has 1 aliphatic heterocycles. The number of hydrogen-bond donors (Lipinski definition) is 1. The molecule has 8 heteroatoms. The van der Waals surface area contributed by atoms with Gasteiger partial charge in [0.15, 0.2) is 0 Å².